The van der Waals surface area contributed by atoms with Crippen molar-refractivity contribution in [2.45, 2.75) is 4.90 Å². The van der Waals surface area contributed by atoms with Crippen LogP contribution in [0.25, 0.3) is 0 Å². The van der Waals surface area contributed by atoms with Crippen molar-refractivity contribution in [2.24, 2.45) is 0 Å². The summed E-state index contributed by atoms with van der Waals surface area (Å²) in [5, 5.41) is 0. The normalized spacial score (nSPS) is 16.9. The van der Waals surface area contributed by atoms with Gasteiger partial charge in [0.2, 0.25) is 0 Å². The summed E-state index contributed by atoms with van der Waals surface area (Å²) in [6.45, 7) is 3.28. The molecule has 0 unspecified atom stereocenters. The summed E-state index contributed by atoms with van der Waals surface area (Å²) in [6.07, 6.45) is 0. The Morgan fingerprint density at radius 1 is 1.24 bits per heavy atom. The first-order valence-corrected chi connectivity index (χ1v) is 8.55. The second-order valence-electron chi connectivity index (χ2n) is 4.46. The Bertz CT molecular complexity index is 582. The summed E-state index contributed by atoms with van der Waals surface area (Å²) in [7, 11) is 0.853. The van der Waals surface area contributed by atoms with Crippen LogP contribution in [0.5, 0.6) is 5.75 Å². The molecule has 1 heterocycles. The second-order valence-corrected chi connectivity index (χ2v) is 7.02. The molecule has 1 fully saturated rings. The Morgan fingerprint density at radius 2 is 1.81 bits per heavy atom. The van der Waals surface area contributed by atoms with Gasteiger partial charge in [-0.05, 0) is 12.1 Å². The van der Waals surface area contributed by atoms with Gasteiger partial charge >= 0.3 is 0 Å². The lowest BCUT2D eigenvalue weighted by Gasteiger charge is -2.26. The highest BCUT2D eigenvalue weighted by Gasteiger charge is 2.19. The minimum absolute atomic E-state index is 0.0841. The summed E-state index contributed by atoms with van der Waals surface area (Å²) in [4.78, 5) is 1.40. The Kier molecular flexibility index (Phi) is 5.37. The zero-order valence-electron chi connectivity index (χ0n) is 11.0. The summed E-state index contributed by atoms with van der Waals surface area (Å²) >= 11 is 0. The Labute approximate surface area is 125 Å². The van der Waals surface area contributed by atoms with E-state index in [0.717, 1.165) is 13.1 Å². The molecular formula is C12H14ClF2NO4S. The monoisotopic (exact) mass is 341 g/mol. The van der Waals surface area contributed by atoms with Crippen molar-refractivity contribution < 1.29 is 26.7 Å². The van der Waals surface area contributed by atoms with Crippen LogP contribution in [-0.2, 0) is 13.8 Å². The van der Waals surface area contributed by atoms with Crippen LogP contribution in [0.15, 0.2) is 17.0 Å². The second kappa shape index (κ2) is 6.87. The van der Waals surface area contributed by atoms with Crippen molar-refractivity contribution >= 4 is 19.7 Å². The number of hydrogen-bond acceptors (Lipinski definition) is 5. The molecule has 1 aliphatic rings. The van der Waals surface area contributed by atoms with E-state index >= 15 is 0 Å². The maximum Gasteiger partial charge on any atom is 0.261 e. The van der Waals surface area contributed by atoms with Crippen molar-refractivity contribution in [3.63, 3.8) is 0 Å². The summed E-state index contributed by atoms with van der Waals surface area (Å²) < 4.78 is 59.7. The number of benzene rings is 1. The molecule has 1 aromatic carbocycles. The Balaban J connectivity index is 2.00. The third-order valence-corrected chi connectivity index (χ3v) is 4.34. The third kappa shape index (κ3) is 4.50. The van der Waals surface area contributed by atoms with Gasteiger partial charge in [-0.15, -0.1) is 0 Å². The molecule has 118 valence electrons. The van der Waals surface area contributed by atoms with E-state index in [-0.39, 0.29) is 6.61 Å². The van der Waals surface area contributed by atoms with E-state index in [4.69, 9.17) is 20.2 Å². The molecule has 0 spiro atoms. The maximum atomic E-state index is 13.7. The van der Waals surface area contributed by atoms with E-state index in [1.54, 1.807) is 0 Å². The molecule has 0 aromatic heterocycles. The van der Waals surface area contributed by atoms with Crippen molar-refractivity contribution in [1.29, 1.82) is 0 Å². The zero-order valence-corrected chi connectivity index (χ0v) is 12.6. The van der Waals surface area contributed by atoms with Crippen LogP contribution >= 0.6 is 10.7 Å². The highest BCUT2D eigenvalue weighted by atomic mass is 35.7. The number of rotatable bonds is 5. The lowest BCUT2D eigenvalue weighted by atomic mass is 10.3. The predicted molar refractivity (Wildman–Crippen MR) is 72.2 cm³/mol. The standard InChI is InChI=1S/C12H14ClF2NO4S/c13-21(17,18)9-7-10(14)12(11(15)8-9)20-6-3-16-1-4-19-5-2-16/h7-8H,1-6H2. The van der Waals surface area contributed by atoms with E-state index in [0.29, 0.717) is 31.9 Å². The molecule has 0 N–H and O–H groups in total. The fourth-order valence-electron chi connectivity index (χ4n) is 1.92. The summed E-state index contributed by atoms with van der Waals surface area (Å²) in [6, 6.07) is 1.27. The van der Waals surface area contributed by atoms with Gasteiger partial charge in [-0.1, -0.05) is 0 Å². The summed E-state index contributed by atoms with van der Waals surface area (Å²) in [5.41, 5.74) is 0. The largest absolute Gasteiger partial charge is 0.486 e. The third-order valence-electron chi connectivity index (χ3n) is 3.01. The maximum absolute atomic E-state index is 13.7. The molecule has 1 aliphatic heterocycles. The Morgan fingerprint density at radius 3 is 2.33 bits per heavy atom. The SMILES string of the molecule is O=S(=O)(Cl)c1cc(F)c(OCCN2CCOCC2)c(F)c1. The molecule has 1 aromatic rings. The van der Waals surface area contributed by atoms with Gasteiger partial charge < -0.3 is 9.47 Å². The molecule has 1 saturated heterocycles. The molecule has 9 heteroatoms. The van der Waals surface area contributed by atoms with Crippen LogP contribution in [-0.4, -0.2) is 52.8 Å². The smallest absolute Gasteiger partial charge is 0.261 e. The van der Waals surface area contributed by atoms with E-state index in [1.807, 2.05) is 4.90 Å². The van der Waals surface area contributed by atoms with Crippen LogP contribution in [0.2, 0.25) is 0 Å². The fourth-order valence-corrected chi connectivity index (χ4v) is 2.67. The molecule has 0 aliphatic carbocycles. The molecule has 21 heavy (non-hydrogen) atoms. The number of morpholine rings is 1. The van der Waals surface area contributed by atoms with Crippen molar-refractivity contribution in [1.82, 2.24) is 4.90 Å². The number of halogens is 3. The average molecular weight is 342 g/mol. The lowest BCUT2D eigenvalue weighted by Crippen LogP contribution is -2.38. The topological polar surface area (TPSA) is 55.8 Å². The van der Waals surface area contributed by atoms with E-state index in [1.165, 1.54) is 0 Å². The van der Waals surface area contributed by atoms with Gasteiger partial charge in [-0.25, -0.2) is 17.2 Å². The van der Waals surface area contributed by atoms with Gasteiger partial charge in [0.05, 0.1) is 18.1 Å². The lowest BCUT2D eigenvalue weighted by molar-refractivity contribution is 0.0318. The number of hydrogen-bond donors (Lipinski definition) is 0. The van der Waals surface area contributed by atoms with Gasteiger partial charge in [0.1, 0.15) is 6.61 Å². The van der Waals surface area contributed by atoms with Gasteiger partial charge in [-0.3, -0.25) is 4.90 Å². The molecule has 0 radical (unpaired) electrons. The zero-order chi connectivity index (χ0) is 15.5. The van der Waals surface area contributed by atoms with E-state index < -0.39 is 31.3 Å². The number of ether oxygens (including phenoxy) is 2. The molecule has 0 saturated carbocycles. The first-order valence-electron chi connectivity index (χ1n) is 6.24. The minimum atomic E-state index is -4.19. The van der Waals surface area contributed by atoms with Crippen molar-refractivity contribution in [3.05, 3.63) is 23.8 Å². The average Bonchev–Trinajstić information content (AvgIpc) is 2.42. The minimum Gasteiger partial charge on any atom is -0.486 e. The van der Waals surface area contributed by atoms with Crippen molar-refractivity contribution in [3.8, 4) is 5.75 Å². The van der Waals surface area contributed by atoms with E-state index in [2.05, 4.69) is 0 Å². The molecular weight excluding hydrogens is 328 g/mol. The molecule has 0 atom stereocenters. The molecule has 0 amide bonds. The van der Waals surface area contributed by atoms with Crippen LogP contribution in [0.4, 0.5) is 8.78 Å². The van der Waals surface area contributed by atoms with Gasteiger partial charge in [0.25, 0.3) is 9.05 Å². The van der Waals surface area contributed by atoms with Gasteiger partial charge in [-0.2, -0.15) is 0 Å². The molecule has 5 nitrogen and oxygen atoms in total. The first-order chi connectivity index (χ1) is 9.88. The van der Waals surface area contributed by atoms with E-state index in [9.17, 15) is 17.2 Å². The Hall–Kier alpha value is -0.960. The van der Waals surface area contributed by atoms with Crippen LogP contribution in [0.3, 0.4) is 0 Å². The van der Waals surface area contributed by atoms with Crippen LogP contribution in [0.1, 0.15) is 0 Å². The first kappa shape index (κ1) is 16.4. The van der Waals surface area contributed by atoms with Crippen LogP contribution < -0.4 is 4.74 Å². The van der Waals surface area contributed by atoms with Crippen LogP contribution in [0, 0.1) is 11.6 Å². The van der Waals surface area contributed by atoms with Crippen molar-refractivity contribution in [2.75, 3.05) is 39.5 Å². The number of nitrogens with zero attached hydrogens (tertiary/aromatic N) is 1. The molecule has 2 rings (SSSR count). The summed E-state index contributed by atoms with van der Waals surface area (Å²) in [5.74, 6) is -2.81. The predicted octanol–water partition coefficient (Wildman–Crippen LogP) is 1.60. The highest BCUT2D eigenvalue weighted by Crippen LogP contribution is 2.27. The highest BCUT2D eigenvalue weighted by molar-refractivity contribution is 8.13. The molecule has 0 bridgehead atoms. The van der Waals surface area contributed by atoms with Gasteiger partial charge in [0, 0.05) is 30.3 Å². The quantitative estimate of drug-likeness (QED) is 0.761. The fraction of sp³-hybridized carbons (Fsp3) is 0.500. The van der Waals surface area contributed by atoms with Gasteiger partial charge in [0.15, 0.2) is 17.4 Å².